The number of hydrogen-bond donors (Lipinski definition) is 2. The van der Waals surface area contributed by atoms with Gasteiger partial charge in [-0.1, -0.05) is 12.1 Å². The number of ether oxygens (including phenoxy) is 2. The smallest absolute Gasteiger partial charge is 0.407 e. The summed E-state index contributed by atoms with van der Waals surface area (Å²) in [6.07, 6.45) is 6.45. The first kappa shape index (κ1) is 21.5. The Morgan fingerprint density at radius 3 is 2.64 bits per heavy atom. The molecule has 0 radical (unpaired) electrons. The second kappa shape index (κ2) is 9.92. The van der Waals surface area contributed by atoms with E-state index in [0.717, 1.165) is 36.9 Å². The summed E-state index contributed by atoms with van der Waals surface area (Å²) in [5.41, 5.74) is 2.03. The second-order valence-electron chi connectivity index (χ2n) is 7.61. The van der Waals surface area contributed by atoms with Gasteiger partial charge < -0.3 is 14.8 Å². The molecule has 0 atom stereocenters. The van der Waals surface area contributed by atoms with Crippen molar-refractivity contribution >= 4 is 12.1 Å². The zero-order valence-corrected chi connectivity index (χ0v) is 17.1. The lowest BCUT2D eigenvalue weighted by Gasteiger charge is -2.19. The van der Waals surface area contributed by atoms with Crippen LogP contribution in [0, 0.1) is 0 Å². The number of nitrogens with one attached hydrogen (secondary N) is 2. The van der Waals surface area contributed by atoms with Gasteiger partial charge in [0.25, 0.3) is 0 Å². The van der Waals surface area contributed by atoms with Crippen molar-refractivity contribution in [2.75, 3.05) is 13.7 Å². The molecule has 28 heavy (non-hydrogen) atoms. The second-order valence-corrected chi connectivity index (χ2v) is 7.61. The third-order valence-electron chi connectivity index (χ3n) is 4.04. The van der Waals surface area contributed by atoms with Gasteiger partial charge in [0.2, 0.25) is 6.20 Å². The van der Waals surface area contributed by atoms with Gasteiger partial charge in [0.05, 0.1) is 24.4 Å². The van der Waals surface area contributed by atoms with Gasteiger partial charge >= 0.3 is 12.1 Å². The molecule has 1 aromatic carbocycles. The van der Waals surface area contributed by atoms with Crippen molar-refractivity contribution in [2.24, 2.45) is 0 Å². The van der Waals surface area contributed by atoms with Gasteiger partial charge in [-0.25, -0.2) is 9.59 Å². The molecule has 0 spiro atoms. The van der Waals surface area contributed by atoms with Crippen LogP contribution in [0.1, 0.15) is 50.4 Å². The van der Waals surface area contributed by atoms with Crippen molar-refractivity contribution in [3.05, 3.63) is 42.2 Å². The molecule has 0 fully saturated rings. The molecule has 7 nitrogen and oxygen atoms in total. The number of aromatic nitrogens is 2. The normalized spacial score (nSPS) is 11.1. The lowest BCUT2D eigenvalue weighted by Crippen LogP contribution is -2.35. The van der Waals surface area contributed by atoms with Crippen molar-refractivity contribution in [1.29, 1.82) is 0 Å². The molecule has 0 saturated heterocycles. The molecule has 2 N–H and O–H groups in total. The van der Waals surface area contributed by atoms with Gasteiger partial charge in [-0.15, -0.1) is 4.68 Å². The van der Waals surface area contributed by atoms with Crippen molar-refractivity contribution in [3.8, 4) is 11.1 Å². The van der Waals surface area contributed by atoms with Crippen LogP contribution in [0.4, 0.5) is 4.79 Å². The number of hydrogen-bond acceptors (Lipinski definition) is 4. The van der Waals surface area contributed by atoms with Crippen molar-refractivity contribution in [1.82, 2.24) is 10.4 Å². The topological polar surface area (TPSA) is 84.3 Å². The Balaban J connectivity index is 1.74. The quantitative estimate of drug-likeness (QED) is 0.412. The molecule has 0 aliphatic rings. The highest BCUT2D eigenvalue weighted by Gasteiger charge is 2.15. The van der Waals surface area contributed by atoms with Crippen LogP contribution in [0.15, 0.2) is 36.7 Å². The molecule has 0 bridgehead atoms. The Kier molecular flexibility index (Phi) is 7.61. The van der Waals surface area contributed by atoms with Crippen LogP contribution in [0.5, 0.6) is 0 Å². The molecule has 2 rings (SSSR count). The highest BCUT2D eigenvalue weighted by molar-refractivity contribution is 5.90. The van der Waals surface area contributed by atoms with E-state index in [1.165, 1.54) is 7.11 Å². The lowest BCUT2D eigenvalue weighted by atomic mass is 10.1. The molecule has 2 aromatic rings. The van der Waals surface area contributed by atoms with Crippen LogP contribution >= 0.6 is 0 Å². The summed E-state index contributed by atoms with van der Waals surface area (Å²) in [4.78, 5) is 23.2. The van der Waals surface area contributed by atoms with E-state index in [2.05, 4.69) is 10.4 Å². The van der Waals surface area contributed by atoms with Gasteiger partial charge in [0.15, 0.2) is 6.54 Å². The monoisotopic (exact) mass is 388 g/mol. The maximum atomic E-state index is 11.7. The standard InChI is InChI=1S/C21H29N3O4/c1-21(2,3)28-20(26)22-11-6-5-7-12-24-15-18(14-23-24)16-9-8-10-17(13-16)19(25)27-4/h8-10,13-15H,5-7,11-12H2,1-4H3,(H,22,26)/p+1. The first-order valence-corrected chi connectivity index (χ1v) is 9.52. The van der Waals surface area contributed by atoms with E-state index in [0.29, 0.717) is 12.1 Å². The lowest BCUT2D eigenvalue weighted by molar-refractivity contribution is -0.750. The summed E-state index contributed by atoms with van der Waals surface area (Å²) in [7, 11) is 1.38. The Morgan fingerprint density at radius 1 is 1.14 bits per heavy atom. The summed E-state index contributed by atoms with van der Waals surface area (Å²) in [5.74, 6) is -0.342. The molecular formula is C21H30N3O4+. The number of alkyl carbamates (subject to hydrolysis) is 1. The number of esters is 1. The average molecular weight is 388 g/mol. The number of unbranched alkanes of at least 4 members (excludes halogenated alkanes) is 2. The Morgan fingerprint density at radius 2 is 1.93 bits per heavy atom. The minimum Gasteiger partial charge on any atom is -0.465 e. The predicted octanol–water partition coefficient (Wildman–Crippen LogP) is 3.45. The Labute approximate surface area is 166 Å². The van der Waals surface area contributed by atoms with E-state index in [1.807, 2.05) is 56.0 Å². The number of benzene rings is 1. The number of methoxy groups -OCH3 is 1. The van der Waals surface area contributed by atoms with Crippen LogP contribution in [-0.4, -0.2) is 36.4 Å². The number of aryl methyl sites for hydroxylation is 1. The molecule has 1 heterocycles. The number of carbonyl (C=O) groups excluding carboxylic acids is 2. The number of nitrogens with zero attached hydrogens (tertiary/aromatic N) is 1. The highest BCUT2D eigenvalue weighted by Crippen LogP contribution is 2.19. The number of amides is 1. The fourth-order valence-corrected chi connectivity index (χ4v) is 2.71. The molecule has 0 saturated carbocycles. The van der Waals surface area contributed by atoms with Gasteiger partial charge in [0, 0.05) is 13.0 Å². The molecule has 1 aromatic heterocycles. The molecular weight excluding hydrogens is 358 g/mol. The van der Waals surface area contributed by atoms with Crippen molar-refractivity contribution in [3.63, 3.8) is 0 Å². The van der Waals surface area contributed by atoms with Gasteiger partial charge in [-0.2, -0.15) is 5.10 Å². The number of rotatable bonds is 8. The van der Waals surface area contributed by atoms with E-state index in [1.54, 1.807) is 6.07 Å². The first-order chi connectivity index (χ1) is 13.3. The molecule has 0 unspecified atom stereocenters. The van der Waals surface area contributed by atoms with Crippen molar-refractivity contribution in [2.45, 2.75) is 52.2 Å². The summed E-state index contributed by atoms with van der Waals surface area (Å²) >= 11 is 0. The van der Waals surface area contributed by atoms with Crippen LogP contribution in [0.2, 0.25) is 0 Å². The first-order valence-electron chi connectivity index (χ1n) is 9.52. The zero-order valence-electron chi connectivity index (χ0n) is 17.1. The number of H-pyrrole nitrogens is 1. The molecule has 0 aliphatic carbocycles. The summed E-state index contributed by atoms with van der Waals surface area (Å²) in [6.45, 7) is 7.00. The van der Waals surface area contributed by atoms with Crippen LogP contribution in [-0.2, 0) is 16.0 Å². The predicted molar refractivity (Wildman–Crippen MR) is 106 cm³/mol. The molecule has 0 aliphatic heterocycles. The van der Waals surface area contributed by atoms with E-state index >= 15 is 0 Å². The zero-order chi connectivity index (χ0) is 20.6. The minimum atomic E-state index is -0.470. The van der Waals surface area contributed by atoms with Crippen molar-refractivity contribution < 1.29 is 23.7 Å². The minimum absolute atomic E-state index is 0.342. The van der Waals surface area contributed by atoms with Gasteiger partial charge in [-0.05, 0) is 51.3 Å². The average Bonchev–Trinajstić information content (AvgIpc) is 3.11. The fourth-order valence-electron chi connectivity index (χ4n) is 2.71. The summed E-state index contributed by atoms with van der Waals surface area (Å²) in [5, 5.41) is 5.98. The highest BCUT2D eigenvalue weighted by atomic mass is 16.6. The maximum absolute atomic E-state index is 11.7. The summed E-state index contributed by atoms with van der Waals surface area (Å²) < 4.78 is 12.0. The fraction of sp³-hybridized carbons (Fsp3) is 0.476. The SMILES string of the molecule is COC(=O)c1cccc(-c2c[nH][n+](CCCCCNC(=O)OC(C)(C)C)c2)c1. The largest absolute Gasteiger partial charge is 0.465 e. The third kappa shape index (κ3) is 7.06. The number of aromatic amines is 1. The van der Waals surface area contributed by atoms with Crippen LogP contribution in [0.3, 0.4) is 0 Å². The van der Waals surface area contributed by atoms with E-state index in [9.17, 15) is 9.59 Å². The van der Waals surface area contributed by atoms with Crippen LogP contribution < -0.4 is 10.00 Å². The third-order valence-corrected chi connectivity index (χ3v) is 4.04. The van der Waals surface area contributed by atoms with E-state index in [4.69, 9.17) is 9.47 Å². The molecule has 1 amide bonds. The maximum Gasteiger partial charge on any atom is 0.407 e. The Hall–Kier alpha value is -2.83. The molecule has 7 heteroatoms. The molecule has 152 valence electrons. The van der Waals surface area contributed by atoms with Crippen LogP contribution in [0.25, 0.3) is 11.1 Å². The van der Waals surface area contributed by atoms with Gasteiger partial charge in [0.1, 0.15) is 5.60 Å². The van der Waals surface area contributed by atoms with Gasteiger partial charge in [-0.3, -0.25) is 0 Å². The number of carbonyl (C=O) groups is 2. The Bertz CT molecular complexity index is 793. The van der Waals surface area contributed by atoms with E-state index in [-0.39, 0.29) is 12.1 Å². The summed E-state index contributed by atoms with van der Waals surface area (Å²) in [6, 6.07) is 7.36. The van der Waals surface area contributed by atoms with E-state index < -0.39 is 5.60 Å².